The fourth-order valence-corrected chi connectivity index (χ4v) is 4.06. The second-order valence-corrected chi connectivity index (χ2v) is 7.78. The Kier molecular flexibility index (Phi) is 7.13. The van der Waals surface area contributed by atoms with Gasteiger partial charge in [0, 0.05) is 24.0 Å². The maximum atomic E-state index is 5.60. The van der Waals surface area contributed by atoms with Crippen molar-refractivity contribution in [3.05, 3.63) is 58.7 Å². The Morgan fingerprint density at radius 2 is 1.64 bits per heavy atom. The van der Waals surface area contributed by atoms with E-state index in [1.807, 2.05) is 0 Å². The second kappa shape index (κ2) is 9.77. The van der Waals surface area contributed by atoms with Crippen molar-refractivity contribution in [3.8, 4) is 11.5 Å². The molecule has 3 nitrogen and oxygen atoms in total. The number of hydrogen-bond acceptors (Lipinski definition) is 2. The van der Waals surface area contributed by atoms with E-state index in [0.29, 0.717) is 0 Å². The summed E-state index contributed by atoms with van der Waals surface area (Å²) in [6.07, 6.45) is 7.27. The molecule has 0 atom stereocenters. The first-order chi connectivity index (χ1) is 13.7. The average Bonchev–Trinajstić information content (AvgIpc) is 2.72. The van der Waals surface area contributed by atoms with E-state index in [2.05, 4.69) is 54.8 Å². The number of benzene rings is 2. The summed E-state index contributed by atoms with van der Waals surface area (Å²) in [6, 6.07) is 13.3. The predicted octanol–water partition coefficient (Wildman–Crippen LogP) is 5.54. The standard InChI is InChI=1S/C25H34NO2/c1-5-6-7-8-9-23-22-17-25(28-4)24(27-3)16-21(22)14-15-26(23)18-20-12-10-19(2)11-13-20/h10-13,16-17H,5-9,14-15,18H2,1-4H3/q+1. The van der Waals surface area contributed by atoms with Crippen molar-refractivity contribution in [1.82, 2.24) is 0 Å². The van der Waals surface area contributed by atoms with Crippen molar-refractivity contribution in [1.29, 1.82) is 0 Å². The maximum Gasteiger partial charge on any atom is 0.184 e. The molecule has 1 aliphatic rings. The Balaban J connectivity index is 1.96. The van der Waals surface area contributed by atoms with Gasteiger partial charge in [0.15, 0.2) is 23.8 Å². The number of fused-ring (bicyclic) bond motifs is 1. The second-order valence-electron chi connectivity index (χ2n) is 7.78. The van der Waals surface area contributed by atoms with Crippen LogP contribution in [-0.2, 0) is 13.0 Å². The summed E-state index contributed by atoms with van der Waals surface area (Å²) in [7, 11) is 3.43. The van der Waals surface area contributed by atoms with Gasteiger partial charge in [-0.2, -0.15) is 0 Å². The van der Waals surface area contributed by atoms with E-state index in [9.17, 15) is 0 Å². The van der Waals surface area contributed by atoms with Crippen molar-refractivity contribution < 1.29 is 14.0 Å². The number of ether oxygens (including phenoxy) is 2. The number of methoxy groups -OCH3 is 2. The van der Waals surface area contributed by atoms with E-state index < -0.39 is 0 Å². The Hall–Kier alpha value is -2.29. The number of unbranched alkanes of at least 4 members (excludes halogenated alkanes) is 3. The first kappa shape index (κ1) is 20.4. The summed E-state index contributed by atoms with van der Waals surface area (Å²) in [5.74, 6) is 1.66. The van der Waals surface area contributed by atoms with Crippen LogP contribution in [-0.4, -0.2) is 31.1 Å². The molecule has 0 amide bonds. The fourth-order valence-electron chi connectivity index (χ4n) is 4.06. The lowest BCUT2D eigenvalue weighted by atomic mass is 9.92. The molecule has 1 heterocycles. The molecule has 3 heteroatoms. The van der Waals surface area contributed by atoms with Gasteiger partial charge in [0.1, 0.15) is 6.54 Å². The zero-order valence-corrected chi connectivity index (χ0v) is 17.9. The van der Waals surface area contributed by atoms with Crippen LogP contribution < -0.4 is 9.47 Å². The molecule has 0 aliphatic carbocycles. The summed E-state index contributed by atoms with van der Waals surface area (Å²) in [6.45, 7) is 6.44. The molecule has 0 fully saturated rings. The number of aryl methyl sites for hydroxylation is 1. The van der Waals surface area contributed by atoms with E-state index >= 15 is 0 Å². The molecule has 0 saturated carbocycles. The first-order valence-electron chi connectivity index (χ1n) is 10.6. The van der Waals surface area contributed by atoms with Crippen molar-refractivity contribution in [2.24, 2.45) is 0 Å². The minimum atomic E-state index is 0.824. The Labute approximate surface area is 170 Å². The highest BCUT2D eigenvalue weighted by molar-refractivity contribution is 5.99. The molecule has 2 aromatic carbocycles. The number of rotatable bonds is 9. The van der Waals surface area contributed by atoms with Crippen LogP contribution in [0.1, 0.15) is 61.3 Å². The number of nitrogens with zero attached hydrogens (tertiary/aromatic N) is 1. The topological polar surface area (TPSA) is 21.5 Å². The molecular weight excluding hydrogens is 346 g/mol. The minimum absolute atomic E-state index is 0.824. The molecule has 3 rings (SSSR count). The van der Waals surface area contributed by atoms with E-state index in [-0.39, 0.29) is 0 Å². The van der Waals surface area contributed by atoms with E-state index in [0.717, 1.165) is 37.4 Å². The van der Waals surface area contributed by atoms with Gasteiger partial charge in [-0.15, -0.1) is 0 Å². The van der Waals surface area contributed by atoms with Crippen LogP contribution in [0.5, 0.6) is 11.5 Å². The molecule has 28 heavy (non-hydrogen) atoms. The summed E-state index contributed by atoms with van der Waals surface area (Å²) in [5.41, 5.74) is 6.86. The van der Waals surface area contributed by atoms with Gasteiger partial charge < -0.3 is 9.47 Å². The van der Waals surface area contributed by atoms with Gasteiger partial charge in [-0.3, -0.25) is 0 Å². The molecular formula is C25H34NO2+. The van der Waals surface area contributed by atoms with Crippen LogP contribution in [0.3, 0.4) is 0 Å². The third-order valence-electron chi connectivity index (χ3n) is 5.71. The van der Waals surface area contributed by atoms with Crippen molar-refractivity contribution in [3.63, 3.8) is 0 Å². The molecule has 0 saturated heterocycles. The maximum absolute atomic E-state index is 5.60. The lowest BCUT2D eigenvalue weighted by molar-refractivity contribution is -0.545. The summed E-state index contributed by atoms with van der Waals surface area (Å²) < 4.78 is 13.7. The van der Waals surface area contributed by atoms with Crippen LogP contribution in [0.2, 0.25) is 0 Å². The summed E-state index contributed by atoms with van der Waals surface area (Å²) >= 11 is 0. The zero-order chi connectivity index (χ0) is 19.9. The third kappa shape index (κ3) is 4.76. The Morgan fingerprint density at radius 1 is 0.929 bits per heavy atom. The predicted molar refractivity (Wildman–Crippen MR) is 116 cm³/mol. The fraction of sp³-hybridized carbons (Fsp3) is 0.480. The lowest BCUT2D eigenvalue weighted by Crippen LogP contribution is -2.30. The summed E-state index contributed by atoms with van der Waals surface area (Å²) in [5, 5.41) is 0. The summed E-state index contributed by atoms with van der Waals surface area (Å²) in [4.78, 5) is 0. The van der Waals surface area contributed by atoms with Crippen LogP contribution >= 0.6 is 0 Å². The van der Waals surface area contributed by atoms with E-state index in [1.165, 1.54) is 53.6 Å². The highest BCUT2D eigenvalue weighted by Crippen LogP contribution is 2.33. The van der Waals surface area contributed by atoms with E-state index in [1.54, 1.807) is 14.2 Å². The molecule has 0 bridgehead atoms. The van der Waals surface area contributed by atoms with Crippen LogP contribution in [0.15, 0.2) is 36.4 Å². The molecule has 1 aliphatic heterocycles. The SMILES string of the molecule is CCCCCCC1=[N+](Cc2ccc(C)cc2)CCc2cc(OC)c(OC)cc21. The highest BCUT2D eigenvalue weighted by atomic mass is 16.5. The lowest BCUT2D eigenvalue weighted by Gasteiger charge is -2.21. The minimum Gasteiger partial charge on any atom is -0.493 e. The first-order valence-corrected chi connectivity index (χ1v) is 10.6. The molecule has 150 valence electrons. The molecule has 0 N–H and O–H groups in total. The molecule has 0 spiro atoms. The van der Waals surface area contributed by atoms with Crippen molar-refractivity contribution in [2.75, 3.05) is 20.8 Å². The third-order valence-corrected chi connectivity index (χ3v) is 5.71. The number of hydrogen-bond donors (Lipinski definition) is 0. The van der Waals surface area contributed by atoms with Gasteiger partial charge in [0.2, 0.25) is 0 Å². The van der Waals surface area contributed by atoms with Gasteiger partial charge in [-0.25, -0.2) is 4.58 Å². The molecule has 2 aromatic rings. The molecule has 0 aromatic heterocycles. The normalized spacial score (nSPS) is 13.4. The highest BCUT2D eigenvalue weighted by Gasteiger charge is 2.27. The van der Waals surface area contributed by atoms with Crippen molar-refractivity contribution in [2.45, 2.75) is 58.9 Å². The van der Waals surface area contributed by atoms with Gasteiger partial charge >= 0.3 is 0 Å². The average molecular weight is 381 g/mol. The Bertz CT molecular complexity index is 821. The van der Waals surface area contributed by atoms with Crippen molar-refractivity contribution >= 4 is 5.71 Å². The smallest absolute Gasteiger partial charge is 0.184 e. The van der Waals surface area contributed by atoms with Crippen LogP contribution in [0.25, 0.3) is 0 Å². The van der Waals surface area contributed by atoms with Gasteiger partial charge in [0.05, 0.1) is 14.2 Å². The zero-order valence-electron chi connectivity index (χ0n) is 17.9. The monoisotopic (exact) mass is 380 g/mol. The Morgan fingerprint density at radius 3 is 2.32 bits per heavy atom. The molecule has 0 radical (unpaired) electrons. The largest absolute Gasteiger partial charge is 0.493 e. The quantitative estimate of drug-likeness (QED) is 0.421. The van der Waals surface area contributed by atoms with Crippen LogP contribution in [0.4, 0.5) is 0 Å². The van der Waals surface area contributed by atoms with E-state index in [4.69, 9.17) is 9.47 Å². The van der Waals surface area contributed by atoms with Crippen LogP contribution in [0, 0.1) is 6.92 Å². The van der Waals surface area contributed by atoms with Gasteiger partial charge in [-0.1, -0.05) is 56.0 Å². The molecule has 0 unspecified atom stereocenters. The van der Waals surface area contributed by atoms with Gasteiger partial charge in [-0.05, 0) is 31.0 Å². The van der Waals surface area contributed by atoms with Gasteiger partial charge in [0.25, 0.3) is 0 Å².